The van der Waals surface area contributed by atoms with Gasteiger partial charge in [-0.05, 0) is 29.3 Å². The second-order valence-corrected chi connectivity index (χ2v) is 7.42. The van der Waals surface area contributed by atoms with Gasteiger partial charge in [0.15, 0.2) is 0 Å². The third kappa shape index (κ3) is 4.07. The highest BCUT2D eigenvalue weighted by Gasteiger charge is 2.13. The SMILES string of the molecule is O=S(=O)(Cc1ccccc1Cl)NCc1cnc2ccccc2c1. The minimum atomic E-state index is -3.47. The topological polar surface area (TPSA) is 59.1 Å². The Balaban J connectivity index is 1.72. The molecular weight excluding hydrogens is 332 g/mol. The number of hydrogen-bond donors (Lipinski definition) is 1. The highest BCUT2D eigenvalue weighted by molar-refractivity contribution is 7.88. The van der Waals surface area contributed by atoms with Gasteiger partial charge in [-0.2, -0.15) is 0 Å². The molecule has 0 atom stereocenters. The van der Waals surface area contributed by atoms with Crippen molar-refractivity contribution in [1.29, 1.82) is 0 Å². The molecule has 23 heavy (non-hydrogen) atoms. The fourth-order valence-corrected chi connectivity index (χ4v) is 3.71. The minimum absolute atomic E-state index is 0.145. The fraction of sp³-hybridized carbons (Fsp3) is 0.118. The summed E-state index contributed by atoms with van der Waals surface area (Å²) in [7, 11) is -3.47. The smallest absolute Gasteiger partial charge is 0.216 e. The van der Waals surface area contributed by atoms with Crippen molar-refractivity contribution < 1.29 is 8.42 Å². The summed E-state index contributed by atoms with van der Waals surface area (Å²) in [5, 5.41) is 1.43. The van der Waals surface area contributed by atoms with Crippen molar-refractivity contribution in [1.82, 2.24) is 9.71 Å². The zero-order valence-corrected chi connectivity index (χ0v) is 13.8. The van der Waals surface area contributed by atoms with E-state index in [1.54, 1.807) is 30.5 Å². The molecule has 0 saturated carbocycles. The van der Waals surface area contributed by atoms with Gasteiger partial charge in [0.05, 0.1) is 11.3 Å². The van der Waals surface area contributed by atoms with Crippen LogP contribution >= 0.6 is 11.6 Å². The van der Waals surface area contributed by atoms with Gasteiger partial charge in [-0.3, -0.25) is 4.98 Å². The molecule has 1 aromatic heterocycles. The molecule has 118 valence electrons. The van der Waals surface area contributed by atoms with E-state index in [4.69, 9.17) is 11.6 Å². The molecule has 0 spiro atoms. The van der Waals surface area contributed by atoms with Crippen LogP contribution in [0.1, 0.15) is 11.1 Å². The van der Waals surface area contributed by atoms with Crippen molar-refractivity contribution in [3.8, 4) is 0 Å². The number of nitrogens with zero attached hydrogens (tertiary/aromatic N) is 1. The normalized spacial score (nSPS) is 11.7. The van der Waals surface area contributed by atoms with Crippen LogP contribution in [0, 0.1) is 0 Å². The van der Waals surface area contributed by atoms with Crippen LogP contribution < -0.4 is 4.72 Å². The van der Waals surface area contributed by atoms with E-state index in [2.05, 4.69) is 9.71 Å². The third-order valence-corrected chi connectivity index (χ3v) is 5.09. The lowest BCUT2D eigenvalue weighted by Crippen LogP contribution is -2.24. The van der Waals surface area contributed by atoms with Crippen molar-refractivity contribution in [3.05, 3.63) is 76.9 Å². The van der Waals surface area contributed by atoms with Crippen LogP contribution in [0.4, 0.5) is 0 Å². The average Bonchev–Trinajstić information content (AvgIpc) is 2.55. The van der Waals surface area contributed by atoms with E-state index in [1.165, 1.54) is 0 Å². The summed E-state index contributed by atoms with van der Waals surface area (Å²) < 4.78 is 27.0. The van der Waals surface area contributed by atoms with Gasteiger partial charge in [0.1, 0.15) is 0 Å². The summed E-state index contributed by atoms with van der Waals surface area (Å²) in [5.41, 5.74) is 2.28. The molecule has 0 radical (unpaired) electrons. The number of rotatable bonds is 5. The molecule has 0 saturated heterocycles. The highest BCUT2D eigenvalue weighted by atomic mass is 35.5. The zero-order valence-electron chi connectivity index (χ0n) is 12.2. The van der Waals surface area contributed by atoms with E-state index in [0.717, 1.165) is 16.5 Å². The largest absolute Gasteiger partial charge is 0.256 e. The van der Waals surface area contributed by atoms with E-state index in [9.17, 15) is 8.42 Å². The van der Waals surface area contributed by atoms with E-state index >= 15 is 0 Å². The average molecular weight is 347 g/mol. The van der Waals surface area contributed by atoms with Gasteiger partial charge < -0.3 is 0 Å². The molecule has 4 nitrogen and oxygen atoms in total. The Bertz CT molecular complexity index is 942. The number of pyridine rings is 1. The summed E-state index contributed by atoms with van der Waals surface area (Å²) in [5.74, 6) is -0.145. The van der Waals surface area contributed by atoms with Gasteiger partial charge in [0, 0.05) is 23.2 Å². The highest BCUT2D eigenvalue weighted by Crippen LogP contribution is 2.18. The Morgan fingerprint density at radius 1 is 1.04 bits per heavy atom. The van der Waals surface area contributed by atoms with Crippen molar-refractivity contribution in [3.63, 3.8) is 0 Å². The molecule has 3 rings (SSSR count). The van der Waals surface area contributed by atoms with E-state index in [1.807, 2.05) is 30.3 Å². The zero-order chi connectivity index (χ0) is 16.3. The molecule has 2 aromatic carbocycles. The van der Waals surface area contributed by atoms with Crippen LogP contribution in [0.25, 0.3) is 10.9 Å². The lowest BCUT2D eigenvalue weighted by Gasteiger charge is -2.08. The summed E-state index contributed by atoms with van der Waals surface area (Å²) in [6, 6.07) is 16.6. The van der Waals surface area contributed by atoms with Crippen LogP contribution in [0.15, 0.2) is 60.8 Å². The number of fused-ring (bicyclic) bond motifs is 1. The van der Waals surface area contributed by atoms with Crippen molar-refractivity contribution >= 4 is 32.5 Å². The molecule has 0 bridgehead atoms. The molecule has 3 aromatic rings. The monoisotopic (exact) mass is 346 g/mol. The van der Waals surface area contributed by atoms with Crippen LogP contribution in [0.5, 0.6) is 0 Å². The standard InChI is InChI=1S/C17H15ClN2O2S/c18-16-7-3-1-6-15(16)12-23(21,22)20-11-13-9-14-5-2-4-8-17(14)19-10-13/h1-10,20H,11-12H2. The summed E-state index contributed by atoms with van der Waals surface area (Å²) in [6.45, 7) is 0.199. The van der Waals surface area contributed by atoms with Crippen molar-refractivity contribution in [2.45, 2.75) is 12.3 Å². The molecule has 0 amide bonds. The summed E-state index contributed by atoms with van der Waals surface area (Å²) in [6.07, 6.45) is 1.68. The summed E-state index contributed by atoms with van der Waals surface area (Å²) in [4.78, 5) is 4.32. The second-order valence-electron chi connectivity index (χ2n) is 5.21. The maximum absolute atomic E-state index is 12.2. The Hall–Kier alpha value is -1.95. The van der Waals surface area contributed by atoms with Gasteiger partial charge in [-0.1, -0.05) is 48.0 Å². The van der Waals surface area contributed by atoms with Crippen molar-refractivity contribution in [2.24, 2.45) is 0 Å². The van der Waals surface area contributed by atoms with E-state index in [0.29, 0.717) is 10.6 Å². The number of benzene rings is 2. The summed E-state index contributed by atoms with van der Waals surface area (Å²) >= 11 is 6.01. The first kappa shape index (κ1) is 15.9. The number of para-hydroxylation sites is 1. The van der Waals surface area contributed by atoms with Gasteiger partial charge in [0.25, 0.3) is 0 Å². The second kappa shape index (κ2) is 6.66. The Morgan fingerprint density at radius 3 is 2.61 bits per heavy atom. The molecule has 0 fully saturated rings. The molecule has 0 unspecified atom stereocenters. The minimum Gasteiger partial charge on any atom is -0.256 e. The molecule has 1 N–H and O–H groups in total. The first-order valence-corrected chi connectivity index (χ1v) is 9.11. The predicted molar refractivity (Wildman–Crippen MR) is 92.7 cm³/mol. The van der Waals surface area contributed by atoms with Crippen LogP contribution in [0.3, 0.4) is 0 Å². The number of aromatic nitrogens is 1. The lowest BCUT2D eigenvalue weighted by molar-refractivity contribution is 0.580. The molecule has 0 aliphatic heterocycles. The van der Waals surface area contributed by atoms with Gasteiger partial charge in [0.2, 0.25) is 10.0 Å². The maximum atomic E-state index is 12.2. The number of hydrogen-bond acceptors (Lipinski definition) is 3. The number of nitrogens with one attached hydrogen (secondary N) is 1. The predicted octanol–water partition coefficient (Wildman–Crippen LogP) is 3.51. The van der Waals surface area contributed by atoms with Crippen molar-refractivity contribution in [2.75, 3.05) is 0 Å². The molecule has 1 heterocycles. The maximum Gasteiger partial charge on any atom is 0.216 e. The Labute approximate surface area is 140 Å². The molecule has 6 heteroatoms. The molecule has 0 aliphatic carbocycles. The fourth-order valence-electron chi connectivity index (χ4n) is 2.28. The number of sulfonamides is 1. The Morgan fingerprint density at radius 2 is 1.78 bits per heavy atom. The van der Waals surface area contributed by atoms with Crippen LogP contribution in [-0.2, 0) is 22.3 Å². The van der Waals surface area contributed by atoms with Gasteiger partial charge in [-0.25, -0.2) is 13.1 Å². The van der Waals surface area contributed by atoms with Gasteiger partial charge >= 0.3 is 0 Å². The molecular formula is C17H15ClN2O2S. The van der Waals surface area contributed by atoms with E-state index in [-0.39, 0.29) is 12.3 Å². The lowest BCUT2D eigenvalue weighted by atomic mass is 10.2. The first-order chi connectivity index (χ1) is 11.0. The Kier molecular flexibility index (Phi) is 4.61. The first-order valence-electron chi connectivity index (χ1n) is 7.08. The van der Waals surface area contributed by atoms with Crippen LogP contribution in [-0.4, -0.2) is 13.4 Å². The third-order valence-electron chi connectivity index (χ3n) is 3.45. The molecule has 0 aliphatic rings. The quantitative estimate of drug-likeness (QED) is 0.769. The van der Waals surface area contributed by atoms with Gasteiger partial charge in [-0.15, -0.1) is 0 Å². The van der Waals surface area contributed by atoms with Crippen LogP contribution in [0.2, 0.25) is 5.02 Å². The number of halogens is 1. The van der Waals surface area contributed by atoms with E-state index < -0.39 is 10.0 Å².